The summed E-state index contributed by atoms with van der Waals surface area (Å²) < 4.78 is 1.70. The molecule has 2 unspecified atom stereocenters. The highest BCUT2D eigenvalue weighted by molar-refractivity contribution is 5.97. The van der Waals surface area contributed by atoms with Crippen molar-refractivity contribution in [2.75, 3.05) is 6.61 Å². The van der Waals surface area contributed by atoms with Crippen molar-refractivity contribution in [2.24, 2.45) is 5.92 Å². The Balaban J connectivity index is 1.80. The number of para-hydroxylation sites is 1. The molecule has 1 amide bonds. The first kappa shape index (κ1) is 15.7. The maximum atomic E-state index is 12.8. The Morgan fingerprint density at radius 3 is 2.83 bits per heavy atom. The Labute approximate surface area is 136 Å². The minimum atomic E-state index is -0.0959. The van der Waals surface area contributed by atoms with E-state index in [1.807, 2.05) is 36.5 Å². The minimum Gasteiger partial charge on any atom is -0.396 e. The van der Waals surface area contributed by atoms with E-state index >= 15 is 0 Å². The van der Waals surface area contributed by atoms with E-state index in [4.69, 9.17) is 0 Å². The average molecular weight is 313 g/mol. The molecule has 23 heavy (non-hydrogen) atoms. The summed E-state index contributed by atoms with van der Waals surface area (Å²) in [4.78, 5) is 12.8. The SMILES string of the molecule is O=C(NC1CCCCCC1CO)c1ccccc1-n1cccn1. The second-order valence-corrected chi connectivity index (χ2v) is 6.13. The van der Waals surface area contributed by atoms with Crippen molar-refractivity contribution in [1.29, 1.82) is 0 Å². The van der Waals surface area contributed by atoms with Crippen LogP contribution in [0.2, 0.25) is 0 Å². The second-order valence-electron chi connectivity index (χ2n) is 6.13. The lowest BCUT2D eigenvalue weighted by Crippen LogP contribution is -2.41. The summed E-state index contributed by atoms with van der Waals surface area (Å²) in [6.07, 6.45) is 8.83. The van der Waals surface area contributed by atoms with Crippen molar-refractivity contribution < 1.29 is 9.90 Å². The van der Waals surface area contributed by atoms with Crippen LogP contribution in [0.3, 0.4) is 0 Å². The first-order chi connectivity index (χ1) is 11.3. The van der Waals surface area contributed by atoms with Gasteiger partial charge in [0.25, 0.3) is 5.91 Å². The first-order valence-corrected chi connectivity index (χ1v) is 8.30. The van der Waals surface area contributed by atoms with Gasteiger partial charge in [-0.05, 0) is 31.0 Å². The standard InChI is InChI=1S/C18H23N3O2/c22-13-14-7-2-1-3-9-16(14)20-18(23)15-8-4-5-10-17(15)21-12-6-11-19-21/h4-6,8,10-12,14,16,22H,1-3,7,9,13H2,(H,20,23). The highest BCUT2D eigenvalue weighted by Crippen LogP contribution is 2.24. The Hall–Kier alpha value is -2.14. The predicted octanol–water partition coefficient (Wildman–Crippen LogP) is 2.54. The van der Waals surface area contributed by atoms with Gasteiger partial charge in [0, 0.05) is 31.0 Å². The topological polar surface area (TPSA) is 67.2 Å². The molecule has 5 heteroatoms. The van der Waals surface area contributed by atoms with Crippen LogP contribution in [0, 0.1) is 5.92 Å². The number of aliphatic hydroxyl groups is 1. The fraction of sp³-hybridized carbons (Fsp3) is 0.444. The molecule has 0 radical (unpaired) electrons. The number of nitrogens with one attached hydrogen (secondary N) is 1. The molecule has 1 saturated carbocycles. The van der Waals surface area contributed by atoms with E-state index in [0.717, 1.165) is 31.4 Å². The number of amides is 1. The van der Waals surface area contributed by atoms with E-state index in [-0.39, 0.29) is 24.5 Å². The molecule has 1 aromatic heterocycles. The normalized spacial score (nSPS) is 21.6. The maximum Gasteiger partial charge on any atom is 0.253 e. The molecule has 0 spiro atoms. The highest BCUT2D eigenvalue weighted by atomic mass is 16.3. The van der Waals surface area contributed by atoms with Gasteiger partial charge in [-0.1, -0.05) is 31.4 Å². The number of benzene rings is 1. The number of hydrogen-bond donors (Lipinski definition) is 2. The van der Waals surface area contributed by atoms with Crippen LogP contribution in [0.25, 0.3) is 5.69 Å². The molecule has 5 nitrogen and oxygen atoms in total. The number of aliphatic hydroxyl groups excluding tert-OH is 1. The third-order valence-corrected chi connectivity index (χ3v) is 4.61. The second kappa shape index (κ2) is 7.42. The Morgan fingerprint density at radius 1 is 1.22 bits per heavy atom. The lowest BCUT2D eigenvalue weighted by molar-refractivity contribution is 0.0899. The monoisotopic (exact) mass is 313 g/mol. The molecule has 0 saturated heterocycles. The van der Waals surface area contributed by atoms with Gasteiger partial charge in [-0.2, -0.15) is 5.10 Å². The molecule has 1 aliphatic carbocycles. The Kier molecular flexibility index (Phi) is 5.08. The highest BCUT2D eigenvalue weighted by Gasteiger charge is 2.25. The van der Waals surface area contributed by atoms with Crippen LogP contribution in [-0.2, 0) is 0 Å². The molecule has 2 N–H and O–H groups in total. The first-order valence-electron chi connectivity index (χ1n) is 8.30. The third kappa shape index (κ3) is 3.62. The van der Waals surface area contributed by atoms with Gasteiger partial charge in [0.15, 0.2) is 0 Å². The van der Waals surface area contributed by atoms with Gasteiger partial charge in [0.05, 0.1) is 11.3 Å². The van der Waals surface area contributed by atoms with E-state index in [2.05, 4.69) is 10.4 Å². The molecule has 122 valence electrons. The van der Waals surface area contributed by atoms with E-state index in [1.165, 1.54) is 6.42 Å². The van der Waals surface area contributed by atoms with Gasteiger partial charge >= 0.3 is 0 Å². The van der Waals surface area contributed by atoms with Gasteiger partial charge in [-0.3, -0.25) is 4.79 Å². The number of hydrogen-bond acceptors (Lipinski definition) is 3. The van der Waals surface area contributed by atoms with E-state index in [1.54, 1.807) is 10.9 Å². The lowest BCUT2D eigenvalue weighted by atomic mass is 9.95. The van der Waals surface area contributed by atoms with Gasteiger partial charge < -0.3 is 10.4 Å². The largest absolute Gasteiger partial charge is 0.396 e. The summed E-state index contributed by atoms with van der Waals surface area (Å²) in [6.45, 7) is 0.131. The van der Waals surface area contributed by atoms with E-state index in [0.29, 0.717) is 5.56 Å². The van der Waals surface area contributed by atoms with Crippen LogP contribution in [0.4, 0.5) is 0 Å². The van der Waals surface area contributed by atoms with Crippen LogP contribution in [0.15, 0.2) is 42.7 Å². The summed E-state index contributed by atoms with van der Waals surface area (Å²) in [6, 6.07) is 9.34. The Morgan fingerprint density at radius 2 is 2.04 bits per heavy atom. The molecular weight excluding hydrogens is 290 g/mol. The van der Waals surface area contributed by atoms with Crippen LogP contribution < -0.4 is 5.32 Å². The average Bonchev–Trinajstić information content (AvgIpc) is 3.02. The molecule has 2 aromatic rings. The molecule has 1 aliphatic rings. The van der Waals surface area contributed by atoms with Gasteiger partial charge in [-0.25, -0.2) is 4.68 Å². The number of carbonyl (C=O) groups excluding carboxylic acids is 1. The molecule has 1 heterocycles. The molecule has 0 aliphatic heterocycles. The molecule has 1 aromatic carbocycles. The minimum absolute atomic E-state index is 0.0423. The van der Waals surface area contributed by atoms with Gasteiger partial charge in [-0.15, -0.1) is 0 Å². The van der Waals surface area contributed by atoms with Crippen LogP contribution >= 0.6 is 0 Å². The maximum absolute atomic E-state index is 12.8. The molecule has 3 rings (SSSR count). The fourth-order valence-corrected chi connectivity index (χ4v) is 3.32. The predicted molar refractivity (Wildman–Crippen MR) is 88.5 cm³/mol. The summed E-state index contributed by atoms with van der Waals surface area (Å²) in [7, 11) is 0. The number of carbonyl (C=O) groups is 1. The van der Waals surface area contributed by atoms with Gasteiger partial charge in [0.1, 0.15) is 0 Å². The van der Waals surface area contributed by atoms with Gasteiger partial charge in [0.2, 0.25) is 0 Å². The van der Waals surface area contributed by atoms with Crippen LogP contribution in [0.5, 0.6) is 0 Å². The fourth-order valence-electron chi connectivity index (χ4n) is 3.32. The van der Waals surface area contributed by atoms with Crippen molar-refractivity contribution in [1.82, 2.24) is 15.1 Å². The Bertz CT molecular complexity index is 639. The zero-order chi connectivity index (χ0) is 16.1. The molecular formula is C18H23N3O2. The summed E-state index contributed by atoms with van der Waals surface area (Å²) in [5.41, 5.74) is 1.38. The summed E-state index contributed by atoms with van der Waals surface area (Å²) in [5, 5.41) is 17.0. The van der Waals surface area contributed by atoms with Crippen molar-refractivity contribution in [3.63, 3.8) is 0 Å². The number of nitrogens with zero attached hydrogens (tertiary/aromatic N) is 2. The smallest absolute Gasteiger partial charge is 0.253 e. The van der Waals surface area contributed by atoms with E-state index < -0.39 is 0 Å². The van der Waals surface area contributed by atoms with E-state index in [9.17, 15) is 9.90 Å². The lowest BCUT2D eigenvalue weighted by Gasteiger charge is -2.25. The van der Waals surface area contributed by atoms with Crippen LogP contribution in [0.1, 0.15) is 42.5 Å². The summed E-state index contributed by atoms with van der Waals surface area (Å²) >= 11 is 0. The molecule has 2 atom stereocenters. The molecule has 0 bridgehead atoms. The van der Waals surface area contributed by atoms with Crippen molar-refractivity contribution >= 4 is 5.91 Å². The number of aromatic nitrogens is 2. The quantitative estimate of drug-likeness (QED) is 0.852. The summed E-state index contributed by atoms with van der Waals surface area (Å²) in [5.74, 6) is 0.0553. The van der Waals surface area contributed by atoms with Crippen molar-refractivity contribution in [2.45, 2.75) is 38.1 Å². The van der Waals surface area contributed by atoms with Crippen molar-refractivity contribution in [3.8, 4) is 5.69 Å². The van der Waals surface area contributed by atoms with Crippen molar-refractivity contribution in [3.05, 3.63) is 48.3 Å². The van der Waals surface area contributed by atoms with Crippen LogP contribution in [-0.4, -0.2) is 33.4 Å². The molecule has 1 fully saturated rings. The third-order valence-electron chi connectivity index (χ3n) is 4.61. The number of rotatable bonds is 4. The zero-order valence-electron chi connectivity index (χ0n) is 13.2. The zero-order valence-corrected chi connectivity index (χ0v) is 13.2.